The summed E-state index contributed by atoms with van der Waals surface area (Å²) in [6, 6.07) is 8.74. The van der Waals surface area contributed by atoms with Gasteiger partial charge in [0, 0.05) is 22.6 Å². The highest BCUT2D eigenvalue weighted by Crippen LogP contribution is 2.41. The zero-order chi connectivity index (χ0) is 18.5. The van der Waals surface area contributed by atoms with Crippen LogP contribution in [0.25, 0.3) is 21.3 Å². The van der Waals surface area contributed by atoms with Crippen LogP contribution in [0.2, 0.25) is 0 Å². The lowest BCUT2D eigenvalue weighted by Crippen LogP contribution is -2.00. The lowest BCUT2D eigenvalue weighted by Gasteiger charge is -2.07. The molecule has 0 aliphatic heterocycles. The molecular formula is C20H22N2O2S2. The SMILES string of the molecule is CCc1ccc(-c2c(C)sc3ncnc(SCCCC(=O)OC)c23)cc1. The Morgan fingerprint density at radius 3 is 2.69 bits per heavy atom. The van der Waals surface area contributed by atoms with Crippen LogP contribution in [0.1, 0.15) is 30.2 Å². The topological polar surface area (TPSA) is 52.1 Å². The van der Waals surface area contributed by atoms with Gasteiger partial charge in [-0.2, -0.15) is 0 Å². The average molecular weight is 387 g/mol. The zero-order valence-corrected chi connectivity index (χ0v) is 16.9. The van der Waals surface area contributed by atoms with Crippen LogP contribution in [0.3, 0.4) is 0 Å². The molecule has 4 nitrogen and oxygen atoms in total. The molecule has 2 aromatic heterocycles. The van der Waals surface area contributed by atoms with Gasteiger partial charge in [-0.3, -0.25) is 4.79 Å². The van der Waals surface area contributed by atoms with Crippen molar-refractivity contribution in [3.05, 3.63) is 41.0 Å². The molecule has 0 radical (unpaired) electrons. The molecule has 0 unspecified atom stereocenters. The summed E-state index contributed by atoms with van der Waals surface area (Å²) in [5.74, 6) is 0.658. The molecule has 0 bridgehead atoms. The number of benzene rings is 1. The van der Waals surface area contributed by atoms with Gasteiger partial charge in [0.15, 0.2) is 0 Å². The number of thiophene rings is 1. The van der Waals surface area contributed by atoms with Gasteiger partial charge in [0.25, 0.3) is 0 Å². The first kappa shape index (κ1) is 18.9. The fraction of sp³-hybridized carbons (Fsp3) is 0.350. The number of methoxy groups -OCH3 is 1. The third-order valence-corrected chi connectivity index (χ3v) is 6.36. The maximum Gasteiger partial charge on any atom is 0.305 e. The number of esters is 1. The molecule has 0 atom stereocenters. The molecule has 136 valence electrons. The van der Waals surface area contributed by atoms with Crippen molar-refractivity contribution in [3.63, 3.8) is 0 Å². The fourth-order valence-corrected chi connectivity index (χ4v) is 4.89. The number of ether oxygens (including phenoxy) is 1. The van der Waals surface area contributed by atoms with E-state index in [-0.39, 0.29) is 5.97 Å². The minimum absolute atomic E-state index is 0.165. The summed E-state index contributed by atoms with van der Waals surface area (Å²) in [6.45, 7) is 4.30. The van der Waals surface area contributed by atoms with Crippen molar-refractivity contribution in [3.8, 4) is 11.1 Å². The summed E-state index contributed by atoms with van der Waals surface area (Å²) < 4.78 is 4.70. The molecular weight excluding hydrogens is 364 g/mol. The number of rotatable bonds is 7. The number of carbonyl (C=O) groups is 1. The van der Waals surface area contributed by atoms with Crippen LogP contribution in [0.5, 0.6) is 0 Å². The highest BCUT2D eigenvalue weighted by molar-refractivity contribution is 7.99. The molecule has 6 heteroatoms. The monoisotopic (exact) mass is 386 g/mol. The standard InChI is InChI=1S/C20H22N2O2S2/c1-4-14-7-9-15(10-8-14)17-13(2)26-20-18(17)19(21-12-22-20)25-11-5-6-16(23)24-3/h7-10,12H,4-6,11H2,1-3H3. The second kappa shape index (κ2) is 8.64. The molecule has 0 aliphatic carbocycles. The van der Waals surface area contributed by atoms with Gasteiger partial charge in [-0.05, 0) is 30.9 Å². The van der Waals surface area contributed by atoms with Crippen LogP contribution in [0, 0.1) is 6.92 Å². The van der Waals surface area contributed by atoms with Gasteiger partial charge in [-0.25, -0.2) is 9.97 Å². The summed E-state index contributed by atoms with van der Waals surface area (Å²) in [6.07, 6.45) is 3.87. The van der Waals surface area contributed by atoms with Gasteiger partial charge in [-0.15, -0.1) is 23.1 Å². The molecule has 0 saturated heterocycles. The molecule has 0 fully saturated rings. The van der Waals surface area contributed by atoms with E-state index < -0.39 is 0 Å². The molecule has 26 heavy (non-hydrogen) atoms. The smallest absolute Gasteiger partial charge is 0.305 e. The second-order valence-corrected chi connectivity index (χ2v) is 8.26. The molecule has 0 amide bonds. The Balaban J connectivity index is 1.91. The van der Waals surface area contributed by atoms with Gasteiger partial charge in [-0.1, -0.05) is 31.2 Å². The average Bonchev–Trinajstić information content (AvgIpc) is 3.01. The van der Waals surface area contributed by atoms with Crippen LogP contribution in [0.4, 0.5) is 0 Å². The number of aryl methyl sites for hydroxylation is 2. The number of fused-ring (bicyclic) bond motifs is 1. The Morgan fingerprint density at radius 2 is 2.00 bits per heavy atom. The van der Waals surface area contributed by atoms with Gasteiger partial charge in [0.2, 0.25) is 0 Å². The molecule has 0 aliphatic rings. The van der Waals surface area contributed by atoms with E-state index in [1.807, 2.05) is 0 Å². The van der Waals surface area contributed by atoms with Crippen molar-refractivity contribution >= 4 is 39.3 Å². The van der Waals surface area contributed by atoms with Crippen molar-refractivity contribution in [1.29, 1.82) is 0 Å². The molecule has 0 spiro atoms. The lowest BCUT2D eigenvalue weighted by molar-refractivity contribution is -0.140. The van der Waals surface area contributed by atoms with Crippen molar-refractivity contribution in [1.82, 2.24) is 9.97 Å². The lowest BCUT2D eigenvalue weighted by atomic mass is 10.0. The second-order valence-electron chi connectivity index (χ2n) is 5.97. The Bertz CT molecular complexity index is 904. The number of hydrogen-bond donors (Lipinski definition) is 0. The maximum absolute atomic E-state index is 11.3. The van der Waals surface area contributed by atoms with Crippen molar-refractivity contribution in [2.75, 3.05) is 12.9 Å². The summed E-state index contributed by atoms with van der Waals surface area (Å²) >= 11 is 3.39. The predicted molar refractivity (Wildman–Crippen MR) is 109 cm³/mol. The number of hydrogen-bond acceptors (Lipinski definition) is 6. The van der Waals surface area contributed by atoms with E-state index in [2.05, 4.69) is 48.1 Å². The first-order valence-corrected chi connectivity index (χ1v) is 10.5. The summed E-state index contributed by atoms with van der Waals surface area (Å²) in [7, 11) is 1.42. The summed E-state index contributed by atoms with van der Waals surface area (Å²) in [4.78, 5) is 22.5. The van der Waals surface area contributed by atoms with Gasteiger partial charge in [0.05, 0.1) is 12.5 Å². The fourth-order valence-electron chi connectivity index (χ4n) is 2.87. The Hall–Kier alpha value is -1.92. The van der Waals surface area contributed by atoms with E-state index in [1.54, 1.807) is 29.4 Å². The van der Waals surface area contributed by atoms with Gasteiger partial charge in [0.1, 0.15) is 16.2 Å². The van der Waals surface area contributed by atoms with Crippen LogP contribution in [0.15, 0.2) is 35.6 Å². The third kappa shape index (κ3) is 4.07. The molecule has 1 aromatic carbocycles. The van der Waals surface area contributed by atoms with Crippen LogP contribution in [-0.2, 0) is 16.0 Å². The molecule has 0 saturated carbocycles. The van der Waals surface area contributed by atoms with Crippen LogP contribution < -0.4 is 0 Å². The largest absolute Gasteiger partial charge is 0.469 e. The third-order valence-electron chi connectivity index (χ3n) is 4.27. The minimum Gasteiger partial charge on any atom is -0.469 e. The highest BCUT2D eigenvalue weighted by atomic mass is 32.2. The Kier molecular flexibility index (Phi) is 6.27. The predicted octanol–water partition coefficient (Wildman–Crippen LogP) is 5.27. The Morgan fingerprint density at radius 1 is 1.23 bits per heavy atom. The van der Waals surface area contributed by atoms with Crippen molar-refractivity contribution in [2.24, 2.45) is 0 Å². The van der Waals surface area contributed by atoms with Crippen LogP contribution >= 0.6 is 23.1 Å². The normalized spacial score (nSPS) is 11.0. The van der Waals surface area contributed by atoms with Gasteiger partial charge >= 0.3 is 5.97 Å². The molecule has 0 N–H and O–H groups in total. The molecule has 3 aromatic rings. The minimum atomic E-state index is -0.165. The van der Waals surface area contributed by atoms with Gasteiger partial charge < -0.3 is 4.74 Å². The maximum atomic E-state index is 11.3. The number of nitrogens with zero attached hydrogens (tertiary/aromatic N) is 2. The number of carbonyl (C=O) groups excluding carboxylic acids is 1. The van der Waals surface area contributed by atoms with E-state index >= 15 is 0 Å². The van der Waals surface area contributed by atoms with Crippen molar-refractivity contribution in [2.45, 2.75) is 38.1 Å². The van der Waals surface area contributed by atoms with E-state index in [0.29, 0.717) is 6.42 Å². The van der Waals surface area contributed by atoms with E-state index in [4.69, 9.17) is 4.74 Å². The van der Waals surface area contributed by atoms with E-state index in [0.717, 1.165) is 33.8 Å². The van der Waals surface area contributed by atoms with Crippen molar-refractivity contribution < 1.29 is 9.53 Å². The van der Waals surface area contributed by atoms with E-state index in [1.165, 1.54) is 28.7 Å². The zero-order valence-electron chi connectivity index (χ0n) is 15.2. The summed E-state index contributed by atoms with van der Waals surface area (Å²) in [5, 5.41) is 2.11. The number of thioether (sulfide) groups is 1. The number of aromatic nitrogens is 2. The first-order chi connectivity index (χ1) is 12.6. The quantitative estimate of drug-likeness (QED) is 0.239. The Labute approximate surface area is 162 Å². The first-order valence-electron chi connectivity index (χ1n) is 8.67. The summed E-state index contributed by atoms with van der Waals surface area (Å²) in [5.41, 5.74) is 3.76. The van der Waals surface area contributed by atoms with Crippen LogP contribution in [-0.4, -0.2) is 28.8 Å². The molecule has 2 heterocycles. The van der Waals surface area contributed by atoms with E-state index in [9.17, 15) is 4.79 Å². The molecule has 3 rings (SSSR count). The highest BCUT2D eigenvalue weighted by Gasteiger charge is 2.17.